The first-order chi connectivity index (χ1) is 11.9. The Labute approximate surface area is 147 Å². The molecule has 25 heavy (non-hydrogen) atoms. The van der Waals surface area contributed by atoms with E-state index in [1.54, 1.807) is 24.3 Å². The Hall–Kier alpha value is -2.00. The molecule has 0 radical (unpaired) electrons. The topological polar surface area (TPSA) is 111 Å². The van der Waals surface area contributed by atoms with Crippen LogP contribution in [0.3, 0.4) is 0 Å². The Morgan fingerprint density at radius 3 is 1.88 bits per heavy atom. The van der Waals surface area contributed by atoms with Gasteiger partial charge in [0.25, 0.3) is 0 Å². The average molecular weight is 359 g/mol. The molecule has 6 nitrogen and oxygen atoms in total. The summed E-state index contributed by atoms with van der Waals surface area (Å²) in [6.45, 7) is 2.66. The second kappa shape index (κ2) is 8.91. The SMILES string of the molecule is N#Cc1ccc(CN(CCN)Cc2ccc(CP(=O)(O)O)cc2)cc1. The van der Waals surface area contributed by atoms with Crippen molar-refractivity contribution in [1.82, 2.24) is 4.90 Å². The molecule has 0 heterocycles. The van der Waals surface area contributed by atoms with Gasteiger partial charge in [0.2, 0.25) is 0 Å². The molecular weight excluding hydrogens is 337 g/mol. The summed E-state index contributed by atoms with van der Waals surface area (Å²) in [6.07, 6.45) is -0.245. The molecule has 0 aromatic heterocycles. The Morgan fingerprint density at radius 2 is 1.44 bits per heavy atom. The van der Waals surface area contributed by atoms with E-state index in [-0.39, 0.29) is 6.16 Å². The molecule has 132 valence electrons. The quantitative estimate of drug-likeness (QED) is 0.623. The molecule has 0 spiro atoms. The van der Waals surface area contributed by atoms with Gasteiger partial charge in [-0.3, -0.25) is 9.46 Å². The highest BCUT2D eigenvalue weighted by molar-refractivity contribution is 7.50. The molecule has 0 aliphatic rings. The lowest BCUT2D eigenvalue weighted by Crippen LogP contribution is -2.28. The molecule has 2 aromatic carbocycles. The Bertz CT molecular complexity index is 764. The number of nitriles is 1. The molecule has 0 bridgehead atoms. The van der Waals surface area contributed by atoms with E-state index in [1.165, 1.54) is 0 Å². The van der Waals surface area contributed by atoms with Gasteiger partial charge in [0.15, 0.2) is 0 Å². The molecule has 4 N–H and O–H groups in total. The van der Waals surface area contributed by atoms with Gasteiger partial charge in [0.05, 0.1) is 17.8 Å². The summed E-state index contributed by atoms with van der Waals surface area (Å²) in [6, 6.07) is 16.8. The maximum Gasteiger partial charge on any atom is 0.329 e. The Balaban J connectivity index is 2.02. The minimum atomic E-state index is -4.04. The highest BCUT2D eigenvalue weighted by atomic mass is 31.2. The zero-order valence-corrected chi connectivity index (χ0v) is 14.8. The maximum atomic E-state index is 11.0. The first-order valence-corrected chi connectivity index (χ1v) is 9.73. The van der Waals surface area contributed by atoms with Crippen molar-refractivity contribution in [2.24, 2.45) is 5.73 Å². The molecule has 0 atom stereocenters. The van der Waals surface area contributed by atoms with Crippen LogP contribution in [0.4, 0.5) is 0 Å². The van der Waals surface area contributed by atoms with Crippen molar-refractivity contribution in [3.05, 3.63) is 70.8 Å². The third-order valence-corrected chi connectivity index (χ3v) is 4.53. The van der Waals surface area contributed by atoms with Crippen LogP contribution in [0.15, 0.2) is 48.5 Å². The molecule has 2 rings (SSSR count). The highest BCUT2D eigenvalue weighted by Gasteiger charge is 2.14. The lowest BCUT2D eigenvalue weighted by Gasteiger charge is -2.22. The van der Waals surface area contributed by atoms with E-state index < -0.39 is 7.60 Å². The molecule has 2 aromatic rings. The van der Waals surface area contributed by atoms with E-state index in [0.29, 0.717) is 30.8 Å². The number of nitrogens with two attached hydrogens (primary N) is 1. The summed E-state index contributed by atoms with van der Waals surface area (Å²) in [7, 11) is -4.04. The Morgan fingerprint density at radius 1 is 0.960 bits per heavy atom. The van der Waals surface area contributed by atoms with E-state index in [4.69, 9.17) is 20.8 Å². The number of hydrogen-bond donors (Lipinski definition) is 3. The van der Waals surface area contributed by atoms with Gasteiger partial charge in [-0.15, -0.1) is 0 Å². The van der Waals surface area contributed by atoms with Crippen LogP contribution in [0.1, 0.15) is 22.3 Å². The second-order valence-corrected chi connectivity index (χ2v) is 7.59. The number of benzene rings is 2. The van der Waals surface area contributed by atoms with E-state index in [1.807, 2.05) is 24.3 Å². The van der Waals surface area contributed by atoms with Crippen molar-refractivity contribution in [3.63, 3.8) is 0 Å². The summed E-state index contributed by atoms with van der Waals surface area (Å²) >= 11 is 0. The number of rotatable bonds is 8. The van der Waals surface area contributed by atoms with Crippen LogP contribution >= 0.6 is 7.60 Å². The minimum Gasteiger partial charge on any atom is -0.329 e. The molecular formula is C18H22N3O3P. The maximum absolute atomic E-state index is 11.0. The summed E-state index contributed by atoms with van der Waals surface area (Å²) < 4.78 is 11.0. The van der Waals surface area contributed by atoms with Crippen molar-refractivity contribution in [1.29, 1.82) is 5.26 Å². The normalized spacial score (nSPS) is 11.5. The van der Waals surface area contributed by atoms with Gasteiger partial charge in [-0.1, -0.05) is 36.4 Å². The summed E-state index contributed by atoms with van der Waals surface area (Å²) in [5, 5.41) is 8.86. The van der Waals surface area contributed by atoms with Crippen LogP contribution in [-0.2, 0) is 23.8 Å². The van der Waals surface area contributed by atoms with Crippen LogP contribution in [0.5, 0.6) is 0 Å². The van der Waals surface area contributed by atoms with E-state index >= 15 is 0 Å². The molecule has 0 saturated carbocycles. The van der Waals surface area contributed by atoms with E-state index in [9.17, 15) is 4.57 Å². The van der Waals surface area contributed by atoms with Gasteiger partial charge < -0.3 is 15.5 Å². The van der Waals surface area contributed by atoms with Gasteiger partial charge in [-0.05, 0) is 28.8 Å². The molecule has 0 unspecified atom stereocenters. The van der Waals surface area contributed by atoms with E-state index in [0.717, 1.165) is 17.7 Å². The predicted octanol–water partition coefficient (Wildman–Crippen LogP) is 2.20. The summed E-state index contributed by atoms with van der Waals surface area (Å²) in [5.74, 6) is 0. The van der Waals surface area contributed by atoms with Crippen molar-refractivity contribution in [3.8, 4) is 6.07 Å². The fourth-order valence-electron chi connectivity index (χ4n) is 2.59. The molecule has 0 saturated heterocycles. The molecule has 0 fully saturated rings. The van der Waals surface area contributed by atoms with Crippen LogP contribution in [0, 0.1) is 11.3 Å². The first-order valence-electron chi connectivity index (χ1n) is 7.93. The van der Waals surface area contributed by atoms with Crippen molar-refractivity contribution in [2.45, 2.75) is 19.3 Å². The monoisotopic (exact) mass is 359 g/mol. The molecule has 0 aliphatic carbocycles. The van der Waals surface area contributed by atoms with Gasteiger partial charge in [-0.2, -0.15) is 5.26 Å². The largest absolute Gasteiger partial charge is 0.329 e. The molecule has 7 heteroatoms. The van der Waals surface area contributed by atoms with E-state index in [2.05, 4.69) is 11.0 Å². The van der Waals surface area contributed by atoms with Crippen LogP contribution in [0.2, 0.25) is 0 Å². The summed E-state index contributed by atoms with van der Waals surface area (Å²) in [5.41, 5.74) is 9.11. The van der Waals surface area contributed by atoms with Gasteiger partial charge in [0.1, 0.15) is 0 Å². The van der Waals surface area contributed by atoms with Crippen LogP contribution < -0.4 is 5.73 Å². The minimum absolute atomic E-state index is 0.245. The van der Waals surface area contributed by atoms with Gasteiger partial charge in [-0.25, -0.2) is 0 Å². The molecule has 0 amide bonds. The third kappa shape index (κ3) is 6.79. The first kappa shape index (κ1) is 19.3. The molecule has 0 aliphatic heterocycles. The summed E-state index contributed by atoms with van der Waals surface area (Å²) in [4.78, 5) is 20.2. The third-order valence-electron chi connectivity index (χ3n) is 3.75. The fraction of sp³-hybridized carbons (Fsp3) is 0.278. The van der Waals surface area contributed by atoms with Crippen molar-refractivity contribution >= 4 is 7.60 Å². The van der Waals surface area contributed by atoms with Crippen molar-refractivity contribution < 1.29 is 14.4 Å². The van der Waals surface area contributed by atoms with Crippen LogP contribution in [0.25, 0.3) is 0 Å². The zero-order valence-electron chi connectivity index (χ0n) is 13.9. The highest BCUT2D eigenvalue weighted by Crippen LogP contribution is 2.38. The average Bonchev–Trinajstić information content (AvgIpc) is 2.56. The number of nitrogens with zero attached hydrogens (tertiary/aromatic N) is 2. The zero-order chi connectivity index (χ0) is 18.3. The van der Waals surface area contributed by atoms with Gasteiger partial charge >= 0.3 is 7.60 Å². The lowest BCUT2D eigenvalue weighted by atomic mass is 10.1. The van der Waals surface area contributed by atoms with Crippen LogP contribution in [-0.4, -0.2) is 27.8 Å². The smallest absolute Gasteiger partial charge is 0.329 e. The van der Waals surface area contributed by atoms with Crippen molar-refractivity contribution in [2.75, 3.05) is 13.1 Å². The fourth-order valence-corrected chi connectivity index (χ4v) is 3.27. The lowest BCUT2D eigenvalue weighted by molar-refractivity contribution is 0.264. The Kier molecular flexibility index (Phi) is 6.89. The second-order valence-electron chi connectivity index (χ2n) is 5.95. The van der Waals surface area contributed by atoms with Gasteiger partial charge in [0, 0.05) is 26.2 Å². The number of hydrogen-bond acceptors (Lipinski definition) is 4. The predicted molar refractivity (Wildman–Crippen MR) is 96.5 cm³/mol. The standard InChI is InChI=1S/C18H22N3O3P/c19-9-10-21(12-16-3-1-15(11-20)2-4-16)13-17-5-7-18(8-6-17)14-25(22,23)24/h1-8H,9-10,12-14,19H2,(H2,22,23,24).